The van der Waals surface area contributed by atoms with Crippen LogP contribution in [-0.4, -0.2) is 5.11 Å². The molecule has 3 aromatic rings. The Labute approximate surface area is 135 Å². The number of aromatic hydroxyl groups is 1. The van der Waals surface area contributed by atoms with Crippen molar-refractivity contribution in [1.29, 1.82) is 0 Å². The summed E-state index contributed by atoms with van der Waals surface area (Å²) in [5.74, 6) is -0.126. The third kappa shape index (κ3) is 2.74. The maximum Gasteiger partial charge on any atom is 0.235 e. The van der Waals surface area contributed by atoms with Gasteiger partial charge >= 0.3 is 0 Å². The molecule has 0 unspecified atom stereocenters. The second-order valence-electron chi connectivity index (χ2n) is 6.94. The largest absolute Gasteiger partial charge is 0.502 e. The monoisotopic (exact) mass is 308 g/mol. The van der Waals surface area contributed by atoms with Crippen LogP contribution in [0.25, 0.3) is 22.3 Å². The van der Waals surface area contributed by atoms with Gasteiger partial charge in [-0.25, -0.2) is 0 Å². The summed E-state index contributed by atoms with van der Waals surface area (Å²) in [6.45, 7) is 8.35. The van der Waals surface area contributed by atoms with E-state index in [2.05, 4.69) is 20.8 Å². The van der Waals surface area contributed by atoms with Gasteiger partial charge in [0.05, 0.1) is 5.39 Å². The molecule has 0 spiro atoms. The highest BCUT2D eigenvalue weighted by molar-refractivity contribution is 5.82. The normalized spacial score (nSPS) is 11.8. The molecule has 0 radical (unpaired) electrons. The molecule has 0 aliphatic rings. The first-order chi connectivity index (χ1) is 10.8. The molecule has 0 fully saturated rings. The van der Waals surface area contributed by atoms with E-state index >= 15 is 0 Å². The van der Waals surface area contributed by atoms with E-state index in [1.807, 2.05) is 43.3 Å². The van der Waals surface area contributed by atoms with E-state index in [4.69, 9.17) is 4.42 Å². The lowest BCUT2D eigenvalue weighted by Gasteiger charge is -2.19. The number of rotatable bonds is 1. The van der Waals surface area contributed by atoms with Crippen molar-refractivity contribution in [3.05, 3.63) is 63.8 Å². The van der Waals surface area contributed by atoms with Crippen molar-refractivity contribution < 1.29 is 9.52 Å². The van der Waals surface area contributed by atoms with Crippen LogP contribution in [0.5, 0.6) is 5.75 Å². The third-order valence-electron chi connectivity index (χ3n) is 4.04. The van der Waals surface area contributed by atoms with Crippen molar-refractivity contribution in [1.82, 2.24) is 0 Å². The second-order valence-corrected chi connectivity index (χ2v) is 6.94. The van der Waals surface area contributed by atoms with E-state index in [1.54, 1.807) is 6.07 Å². The lowest BCUT2D eigenvalue weighted by atomic mass is 9.86. The number of benzene rings is 2. The van der Waals surface area contributed by atoms with Crippen molar-refractivity contribution in [3.63, 3.8) is 0 Å². The molecule has 1 aromatic heterocycles. The van der Waals surface area contributed by atoms with Gasteiger partial charge in [-0.15, -0.1) is 0 Å². The predicted molar refractivity (Wildman–Crippen MR) is 93.0 cm³/mol. The fraction of sp³-hybridized carbons (Fsp3) is 0.250. The molecule has 1 N–H and O–H groups in total. The molecule has 0 aliphatic heterocycles. The molecule has 0 bridgehead atoms. The van der Waals surface area contributed by atoms with E-state index in [9.17, 15) is 9.90 Å². The lowest BCUT2D eigenvalue weighted by Crippen LogP contribution is -2.10. The van der Waals surface area contributed by atoms with E-state index < -0.39 is 5.43 Å². The van der Waals surface area contributed by atoms with Crippen LogP contribution < -0.4 is 5.43 Å². The highest BCUT2D eigenvalue weighted by Crippen LogP contribution is 2.32. The number of hydrogen-bond acceptors (Lipinski definition) is 3. The van der Waals surface area contributed by atoms with Crippen molar-refractivity contribution >= 4 is 11.0 Å². The van der Waals surface area contributed by atoms with Crippen molar-refractivity contribution in [2.75, 3.05) is 0 Å². The Hall–Kier alpha value is -2.55. The van der Waals surface area contributed by atoms with E-state index in [1.165, 1.54) is 5.56 Å². The SMILES string of the molecule is Cc1ccc2c(=O)c(O)c(-c3ccc(C(C)(C)C)cc3)oc2c1. The summed E-state index contributed by atoms with van der Waals surface area (Å²) >= 11 is 0. The van der Waals surface area contributed by atoms with Gasteiger partial charge in [-0.3, -0.25) is 4.79 Å². The molecule has 0 saturated heterocycles. The molecule has 0 amide bonds. The van der Waals surface area contributed by atoms with Gasteiger partial charge in [-0.1, -0.05) is 51.1 Å². The Bertz CT molecular complexity index is 926. The summed E-state index contributed by atoms with van der Waals surface area (Å²) in [5.41, 5.74) is 3.00. The summed E-state index contributed by atoms with van der Waals surface area (Å²) < 4.78 is 5.82. The van der Waals surface area contributed by atoms with E-state index in [-0.39, 0.29) is 16.9 Å². The molecule has 118 valence electrons. The minimum atomic E-state index is -0.402. The minimum Gasteiger partial charge on any atom is -0.502 e. The molecule has 3 nitrogen and oxygen atoms in total. The smallest absolute Gasteiger partial charge is 0.235 e. The van der Waals surface area contributed by atoms with Gasteiger partial charge in [0, 0.05) is 5.56 Å². The first-order valence-corrected chi connectivity index (χ1v) is 7.65. The second kappa shape index (κ2) is 5.27. The van der Waals surface area contributed by atoms with Gasteiger partial charge in [-0.2, -0.15) is 0 Å². The Kier molecular flexibility index (Phi) is 3.52. The highest BCUT2D eigenvalue weighted by atomic mass is 16.4. The summed E-state index contributed by atoms with van der Waals surface area (Å²) in [4.78, 5) is 12.3. The first kappa shape index (κ1) is 15.3. The topological polar surface area (TPSA) is 50.4 Å². The Balaban J connectivity index is 2.20. The Morgan fingerprint density at radius 3 is 2.26 bits per heavy atom. The van der Waals surface area contributed by atoms with Gasteiger partial charge in [0.2, 0.25) is 11.2 Å². The standard InChI is InChI=1S/C20H20O3/c1-12-5-10-15-16(11-12)23-19(18(22)17(15)21)13-6-8-14(9-7-13)20(2,3)4/h5-11,22H,1-4H3. The number of fused-ring (bicyclic) bond motifs is 1. The van der Waals surface area contributed by atoms with Crippen LogP contribution in [0.1, 0.15) is 31.9 Å². The zero-order valence-electron chi connectivity index (χ0n) is 13.8. The zero-order valence-corrected chi connectivity index (χ0v) is 13.8. The average molecular weight is 308 g/mol. The third-order valence-corrected chi connectivity index (χ3v) is 4.04. The molecule has 0 aliphatic carbocycles. The fourth-order valence-corrected chi connectivity index (χ4v) is 2.61. The molecule has 2 aromatic carbocycles. The van der Waals surface area contributed by atoms with Crippen LogP contribution in [0.15, 0.2) is 51.7 Å². The zero-order chi connectivity index (χ0) is 16.8. The quantitative estimate of drug-likeness (QED) is 0.704. The minimum absolute atomic E-state index is 0.0436. The van der Waals surface area contributed by atoms with Crippen LogP contribution in [0.4, 0.5) is 0 Å². The molecule has 23 heavy (non-hydrogen) atoms. The van der Waals surface area contributed by atoms with Crippen molar-refractivity contribution in [3.8, 4) is 17.1 Å². The van der Waals surface area contributed by atoms with Crippen LogP contribution in [-0.2, 0) is 5.41 Å². The lowest BCUT2D eigenvalue weighted by molar-refractivity contribution is 0.449. The van der Waals surface area contributed by atoms with Crippen LogP contribution >= 0.6 is 0 Å². The molecule has 0 saturated carbocycles. The van der Waals surface area contributed by atoms with Gasteiger partial charge < -0.3 is 9.52 Å². The van der Waals surface area contributed by atoms with Gasteiger partial charge in [-0.05, 0) is 35.6 Å². The molecule has 1 heterocycles. The van der Waals surface area contributed by atoms with Gasteiger partial charge in [0.15, 0.2) is 5.76 Å². The van der Waals surface area contributed by atoms with Gasteiger partial charge in [0.25, 0.3) is 0 Å². The van der Waals surface area contributed by atoms with Crippen molar-refractivity contribution in [2.24, 2.45) is 0 Å². The van der Waals surface area contributed by atoms with Gasteiger partial charge in [0.1, 0.15) is 5.58 Å². The maximum absolute atomic E-state index is 12.3. The number of hydrogen-bond donors (Lipinski definition) is 1. The van der Waals surface area contributed by atoms with E-state index in [0.717, 1.165) is 5.56 Å². The summed E-state index contributed by atoms with van der Waals surface area (Å²) in [6, 6.07) is 13.1. The van der Waals surface area contributed by atoms with Crippen LogP contribution in [0, 0.1) is 6.92 Å². The predicted octanol–water partition coefficient (Wildman–Crippen LogP) is 4.77. The summed E-state index contributed by atoms with van der Waals surface area (Å²) in [5, 5.41) is 10.6. The van der Waals surface area contributed by atoms with E-state index in [0.29, 0.717) is 16.5 Å². The number of aryl methyl sites for hydroxylation is 1. The Morgan fingerprint density at radius 1 is 1.00 bits per heavy atom. The summed E-state index contributed by atoms with van der Waals surface area (Å²) in [6.07, 6.45) is 0. The Morgan fingerprint density at radius 2 is 1.65 bits per heavy atom. The molecule has 3 rings (SSSR count). The fourth-order valence-electron chi connectivity index (χ4n) is 2.61. The highest BCUT2D eigenvalue weighted by Gasteiger charge is 2.17. The van der Waals surface area contributed by atoms with Crippen LogP contribution in [0.2, 0.25) is 0 Å². The molecule has 0 atom stereocenters. The van der Waals surface area contributed by atoms with Crippen molar-refractivity contribution in [2.45, 2.75) is 33.1 Å². The molecule has 3 heteroatoms. The first-order valence-electron chi connectivity index (χ1n) is 7.65. The summed E-state index contributed by atoms with van der Waals surface area (Å²) in [7, 11) is 0. The maximum atomic E-state index is 12.3. The average Bonchev–Trinajstić information content (AvgIpc) is 2.50. The van der Waals surface area contributed by atoms with Crippen LogP contribution in [0.3, 0.4) is 0 Å². The molecular weight excluding hydrogens is 288 g/mol. The molecular formula is C20H20O3.